The van der Waals surface area contributed by atoms with Gasteiger partial charge in [0.1, 0.15) is 11.9 Å². The van der Waals surface area contributed by atoms with E-state index in [2.05, 4.69) is 10.1 Å². The summed E-state index contributed by atoms with van der Waals surface area (Å²) in [6.07, 6.45) is -5.02. The molecule has 0 saturated carbocycles. The van der Waals surface area contributed by atoms with Crippen molar-refractivity contribution in [3.05, 3.63) is 29.8 Å². The van der Waals surface area contributed by atoms with Gasteiger partial charge in [0.25, 0.3) is 0 Å². The molecule has 0 bridgehead atoms. The first kappa shape index (κ1) is 14.6. The number of carbonyl (C=O) groups excluding carboxylic acids is 1. The van der Waals surface area contributed by atoms with Crippen LogP contribution in [0.25, 0.3) is 0 Å². The number of amides is 1. The van der Waals surface area contributed by atoms with Gasteiger partial charge in [-0.1, -0.05) is 12.1 Å². The molecule has 2 unspecified atom stereocenters. The third-order valence-electron chi connectivity index (χ3n) is 3.14. The number of hydrogen-bond donors (Lipinski definition) is 1. The number of carbonyl (C=O) groups is 1. The SMILES string of the molecule is CCN1C(=O)C(C)NC1c1ccc(OC(F)(F)F)cc1. The molecule has 1 N–H and O–H groups in total. The molecule has 0 radical (unpaired) electrons. The van der Waals surface area contributed by atoms with Crippen molar-refractivity contribution in [3.63, 3.8) is 0 Å². The lowest BCUT2D eigenvalue weighted by atomic mass is 10.1. The zero-order valence-corrected chi connectivity index (χ0v) is 11.1. The van der Waals surface area contributed by atoms with Gasteiger partial charge in [-0.05, 0) is 31.5 Å². The largest absolute Gasteiger partial charge is 0.573 e. The maximum atomic E-state index is 12.1. The van der Waals surface area contributed by atoms with E-state index < -0.39 is 6.36 Å². The fraction of sp³-hybridized carbons (Fsp3) is 0.462. The molecular weight excluding hydrogens is 273 g/mol. The number of nitrogens with one attached hydrogen (secondary N) is 1. The first-order valence-electron chi connectivity index (χ1n) is 6.24. The zero-order valence-electron chi connectivity index (χ0n) is 11.1. The molecule has 1 aliphatic rings. The molecular formula is C13H15F3N2O2. The molecule has 110 valence electrons. The summed E-state index contributed by atoms with van der Waals surface area (Å²) < 4.78 is 40.0. The predicted octanol–water partition coefficient (Wildman–Crippen LogP) is 2.42. The van der Waals surface area contributed by atoms with E-state index in [-0.39, 0.29) is 23.9 Å². The Labute approximate surface area is 114 Å². The van der Waals surface area contributed by atoms with Gasteiger partial charge in [-0.15, -0.1) is 13.2 Å². The van der Waals surface area contributed by atoms with Crippen molar-refractivity contribution in [1.82, 2.24) is 10.2 Å². The molecule has 1 fully saturated rings. The molecule has 1 saturated heterocycles. The van der Waals surface area contributed by atoms with Crippen LogP contribution in [0.1, 0.15) is 25.6 Å². The summed E-state index contributed by atoms with van der Waals surface area (Å²) in [5.74, 6) is -0.296. The Morgan fingerprint density at radius 3 is 2.40 bits per heavy atom. The maximum absolute atomic E-state index is 12.1. The molecule has 0 aromatic heterocycles. The van der Waals surface area contributed by atoms with Crippen molar-refractivity contribution >= 4 is 5.91 Å². The Hall–Kier alpha value is -1.76. The Bertz CT molecular complexity index is 487. The van der Waals surface area contributed by atoms with Gasteiger partial charge in [-0.3, -0.25) is 10.1 Å². The molecule has 1 aromatic carbocycles. The summed E-state index contributed by atoms with van der Waals surface area (Å²) in [6.45, 7) is 4.14. The van der Waals surface area contributed by atoms with Crippen molar-refractivity contribution < 1.29 is 22.7 Å². The lowest BCUT2D eigenvalue weighted by Gasteiger charge is -2.23. The highest BCUT2D eigenvalue weighted by molar-refractivity contribution is 5.84. The van der Waals surface area contributed by atoms with Gasteiger partial charge >= 0.3 is 6.36 Å². The minimum atomic E-state index is -4.70. The fourth-order valence-corrected chi connectivity index (χ4v) is 2.24. The first-order valence-corrected chi connectivity index (χ1v) is 6.24. The Morgan fingerprint density at radius 2 is 1.90 bits per heavy atom. The number of alkyl halides is 3. The normalized spacial score (nSPS) is 23.2. The van der Waals surface area contributed by atoms with Crippen molar-refractivity contribution in [2.45, 2.75) is 32.4 Å². The number of benzene rings is 1. The molecule has 0 aliphatic carbocycles. The van der Waals surface area contributed by atoms with E-state index in [1.807, 2.05) is 6.92 Å². The van der Waals surface area contributed by atoms with Crippen LogP contribution in [0.2, 0.25) is 0 Å². The number of likely N-dealkylation sites (N-methyl/N-ethyl adjacent to an activating group) is 1. The van der Waals surface area contributed by atoms with Crippen molar-refractivity contribution in [1.29, 1.82) is 0 Å². The van der Waals surface area contributed by atoms with Crippen LogP contribution in [0.3, 0.4) is 0 Å². The Balaban J connectivity index is 2.16. The van der Waals surface area contributed by atoms with Crippen LogP contribution in [-0.4, -0.2) is 29.8 Å². The van der Waals surface area contributed by atoms with E-state index in [0.717, 1.165) is 5.56 Å². The molecule has 1 aliphatic heterocycles. The second-order valence-electron chi connectivity index (χ2n) is 4.53. The molecule has 1 heterocycles. The standard InChI is InChI=1S/C13H15F3N2O2/c1-3-18-11(17-8(2)12(18)19)9-4-6-10(7-5-9)20-13(14,15)16/h4-8,11,17H,3H2,1-2H3. The molecule has 7 heteroatoms. The van der Waals surface area contributed by atoms with Crippen LogP contribution < -0.4 is 10.1 Å². The summed E-state index contributed by atoms with van der Waals surface area (Å²) in [6, 6.07) is 5.22. The van der Waals surface area contributed by atoms with Gasteiger partial charge in [0.05, 0.1) is 6.04 Å². The van der Waals surface area contributed by atoms with E-state index in [0.29, 0.717) is 6.54 Å². The molecule has 2 atom stereocenters. The lowest BCUT2D eigenvalue weighted by molar-refractivity contribution is -0.274. The highest BCUT2D eigenvalue weighted by atomic mass is 19.4. The number of nitrogens with zero attached hydrogens (tertiary/aromatic N) is 1. The smallest absolute Gasteiger partial charge is 0.406 e. The number of hydrogen-bond acceptors (Lipinski definition) is 3. The van der Waals surface area contributed by atoms with Crippen molar-refractivity contribution in [2.24, 2.45) is 0 Å². The third-order valence-corrected chi connectivity index (χ3v) is 3.14. The number of ether oxygens (including phenoxy) is 1. The molecule has 0 spiro atoms. The molecule has 2 rings (SSSR count). The topological polar surface area (TPSA) is 41.6 Å². The second-order valence-corrected chi connectivity index (χ2v) is 4.53. The van der Waals surface area contributed by atoms with Gasteiger partial charge in [0.15, 0.2) is 0 Å². The second kappa shape index (κ2) is 5.32. The fourth-order valence-electron chi connectivity index (χ4n) is 2.24. The average molecular weight is 288 g/mol. The van der Waals surface area contributed by atoms with Gasteiger partial charge in [0.2, 0.25) is 5.91 Å². The van der Waals surface area contributed by atoms with Crippen LogP contribution in [0.4, 0.5) is 13.2 Å². The predicted molar refractivity (Wildman–Crippen MR) is 65.9 cm³/mol. The van der Waals surface area contributed by atoms with E-state index in [1.165, 1.54) is 24.3 Å². The third kappa shape index (κ3) is 3.04. The summed E-state index contributed by atoms with van der Waals surface area (Å²) in [5, 5.41) is 3.10. The maximum Gasteiger partial charge on any atom is 0.573 e. The summed E-state index contributed by atoms with van der Waals surface area (Å²) >= 11 is 0. The van der Waals surface area contributed by atoms with Crippen molar-refractivity contribution in [2.75, 3.05) is 6.54 Å². The van der Waals surface area contributed by atoms with E-state index in [4.69, 9.17) is 0 Å². The molecule has 4 nitrogen and oxygen atoms in total. The molecule has 1 amide bonds. The molecule has 1 aromatic rings. The van der Waals surface area contributed by atoms with Crippen LogP contribution >= 0.6 is 0 Å². The van der Waals surface area contributed by atoms with Crippen molar-refractivity contribution in [3.8, 4) is 5.75 Å². The van der Waals surface area contributed by atoms with Crippen LogP contribution in [0, 0.1) is 0 Å². The minimum Gasteiger partial charge on any atom is -0.406 e. The van der Waals surface area contributed by atoms with E-state index in [9.17, 15) is 18.0 Å². The summed E-state index contributed by atoms with van der Waals surface area (Å²) in [4.78, 5) is 13.5. The van der Waals surface area contributed by atoms with Gasteiger partial charge in [0, 0.05) is 6.54 Å². The molecule has 20 heavy (non-hydrogen) atoms. The van der Waals surface area contributed by atoms with Gasteiger partial charge < -0.3 is 9.64 Å². The lowest BCUT2D eigenvalue weighted by Crippen LogP contribution is -2.30. The van der Waals surface area contributed by atoms with E-state index >= 15 is 0 Å². The quantitative estimate of drug-likeness (QED) is 0.928. The first-order chi connectivity index (χ1) is 9.31. The zero-order chi connectivity index (χ0) is 14.9. The monoisotopic (exact) mass is 288 g/mol. The number of rotatable bonds is 3. The minimum absolute atomic E-state index is 0.0203. The highest BCUT2D eigenvalue weighted by Gasteiger charge is 2.36. The Morgan fingerprint density at radius 1 is 1.30 bits per heavy atom. The van der Waals surface area contributed by atoms with Crippen LogP contribution in [-0.2, 0) is 4.79 Å². The average Bonchev–Trinajstić information content (AvgIpc) is 2.64. The Kier molecular flexibility index (Phi) is 3.89. The van der Waals surface area contributed by atoms with Crippen LogP contribution in [0.5, 0.6) is 5.75 Å². The van der Waals surface area contributed by atoms with Gasteiger partial charge in [-0.2, -0.15) is 0 Å². The van der Waals surface area contributed by atoms with E-state index in [1.54, 1.807) is 11.8 Å². The summed E-state index contributed by atoms with van der Waals surface area (Å²) in [7, 11) is 0. The number of halogens is 3. The van der Waals surface area contributed by atoms with Gasteiger partial charge in [-0.25, -0.2) is 0 Å². The van der Waals surface area contributed by atoms with Crippen LogP contribution in [0.15, 0.2) is 24.3 Å². The summed E-state index contributed by atoms with van der Waals surface area (Å²) in [5.41, 5.74) is 0.721. The highest BCUT2D eigenvalue weighted by Crippen LogP contribution is 2.28.